The lowest BCUT2D eigenvalue weighted by molar-refractivity contribution is 0.0703. The van der Waals surface area contributed by atoms with Gasteiger partial charge in [0.1, 0.15) is 5.75 Å². The molecule has 0 saturated carbocycles. The van der Waals surface area contributed by atoms with Crippen molar-refractivity contribution >= 4 is 5.91 Å². The third-order valence-electron chi connectivity index (χ3n) is 5.59. The van der Waals surface area contributed by atoms with Gasteiger partial charge in [0.05, 0.1) is 12.7 Å². The van der Waals surface area contributed by atoms with Crippen LogP contribution < -0.4 is 4.74 Å². The molecule has 1 aliphatic rings. The topological polar surface area (TPSA) is 49.8 Å². The fourth-order valence-corrected chi connectivity index (χ4v) is 3.84. The van der Waals surface area contributed by atoms with Crippen LogP contribution >= 0.6 is 0 Å². The van der Waals surface area contributed by atoms with Crippen molar-refractivity contribution < 1.29 is 14.6 Å². The number of piperidine rings is 1. The van der Waals surface area contributed by atoms with Crippen molar-refractivity contribution in [1.29, 1.82) is 0 Å². The molecular weight excluding hydrogens is 350 g/mol. The van der Waals surface area contributed by atoms with Crippen LogP contribution in [-0.2, 0) is 6.42 Å². The highest BCUT2D eigenvalue weighted by atomic mass is 16.5. The quantitative estimate of drug-likeness (QED) is 0.806. The number of rotatable bonds is 6. The number of amides is 1. The first-order chi connectivity index (χ1) is 13.4. The highest BCUT2D eigenvalue weighted by molar-refractivity contribution is 5.94. The molecule has 0 aliphatic carbocycles. The van der Waals surface area contributed by atoms with Crippen LogP contribution in [0, 0.1) is 0 Å². The molecule has 0 unspecified atom stereocenters. The van der Waals surface area contributed by atoms with E-state index in [2.05, 4.69) is 12.1 Å². The van der Waals surface area contributed by atoms with Crippen molar-refractivity contribution in [3.63, 3.8) is 0 Å². The van der Waals surface area contributed by atoms with E-state index in [1.807, 2.05) is 55.1 Å². The standard InChI is InChI=1S/C24H31NO3/c1-24(2,27)15-12-18-8-10-20(11-9-18)23(26)25-16-13-19(14-17-25)21-6-4-5-7-22(21)28-3/h4-11,19,27H,12-17H2,1-3H3. The van der Waals surface area contributed by atoms with E-state index in [1.165, 1.54) is 5.56 Å². The summed E-state index contributed by atoms with van der Waals surface area (Å²) in [6.07, 6.45) is 3.42. The van der Waals surface area contributed by atoms with Gasteiger partial charge in [-0.15, -0.1) is 0 Å². The highest BCUT2D eigenvalue weighted by Crippen LogP contribution is 2.34. The minimum Gasteiger partial charge on any atom is -0.496 e. The lowest BCUT2D eigenvalue weighted by Gasteiger charge is -2.33. The molecular formula is C24H31NO3. The second-order valence-electron chi connectivity index (χ2n) is 8.32. The van der Waals surface area contributed by atoms with Gasteiger partial charge in [0.2, 0.25) is 0 Å². The van der Waals surface area contributed by atoms with E-state index in [0.717, 1.165) is 49.2 Å². The van der Waals surface area contributed by atoms with Gasteiger partial charge in [-0.05, 0) is 74.8 Å². The molecule has 150 valence electrons. The number of hydrogen-bond donors (Lipinski definition) is 1. The Morgan fingerprint density at radius 1 is 1.11 bits per heavy atom. The number of carbonyl (C=O) groups excluding carboxylic acids is 1. The maximum absolute atomic E-state index is 12.9. The number of aryl methyl sites for hydroxylation is 1. The van der Waals surface area contributed by atoms with Crippen molar-refractivity contribution in [2.75, 3.05) is 20.2 Å². The summed E-state index contributed by atoms with van der Waals surface area (Å²) in [6, 6.07) is 16.0. The van der Waals surface area contributed by atoms with Crippen molar-refractivity contribution in [2.45, 2.75) is 51.0 Å². The number of benzene rings is 2. The summed E-state index contributed by atoms with van der Waals surface area (Å²) >= 11 is 0. The van der Waals surface area contributed by atoms with Gasteiger partial charge in [-0.25, -0.2) is 0 Å². The van der Waals surface area contributed by atoms with Crippen LogP contribution in [0.25, 0.3) is 0 Å². The van der Waals surface area contributed by atoms with Gasteiger partial charge in [0.25, 0.3) is 5.91 Å². The normalized spacial score (nSPS) is 15.5. The van der Waals surface area contributed by atoms with Crippen LogP contribution in [0.5, 0.6) is 5.75 Å². The van der Waals surface area contributed by atoms with Gasteiger partial charge in [-0.3, -0.25) is 4.79 Å². The number of hydrogen-bond acceptors (Lipinski definition) is 3. The summed E-state index contributed by atoms with van der Waals surface area (Å²) < 4.78 is 5.50. The average molecular weight is 382 g/mol. The maximum Gasteiger partial charge on any atom is 0.253 e. The molecule has 0 spiro atoms. The zero-order chi connectivity index (χ0) is 20.1. The first kappa shape index (κ1) is 20.4. The third kappa shape index (κ3) is 5.14. The van der Waals surface area contributed by atoms with Gasteiger partial charge in [-0.2, -0.15) is 0 Å². The molecule has 0 aromatic heterocycles. The van der Waals surface area contributed by atoms with Crippen molar-refractivity contribution in [2.24, 2.45) is 0 Å². The molecule has 0 bridgehead atoms. The van der Waals surface area contributed by atoms with Gasteiger partial charge < -0.3 is 14.7 Å². The highest BCUT2D eigenvalue weighted by Gasteiger charge is 2.26. The second kappa shape index (κ2) is 8.78. The molecule has 1 saturated heterocycles. The maximum atomic E-state index is 12.9. The Morgan fingerprint density at radius 2 is 1.75 bits per heavy atom. The van der Waals surface area contributed by atoms with E-state index in [4.69, 9.17) is 4.74 Å². The minimum atomic E-state index is -0.666. The summed E-state index contributed by atoms with van der Waals surface area (Å²) in [5, 5.41) is 9.86. The Balaban J connectivity index is 1.58. The van der Waals surface area contributed by atoms with Gasteiger partial charge in [0.15, 0.2) is 0 Å². The number of aliphatic hydroxyl groups is 1. The molecule has 1 N–H and O–H groups in total. The van der Waals surface area contributed by atoms with Gasteiger partial charge >= 0.3 is 0 Å². The van der Waals surface area contributed by atoms with E-state index >= 15 is 0 Å². The minimum absolute atomic E-state index is 0.104. The lowest BCUT2D eigenvalue weighted by Crippen LogP contribution is -2.38. The summed E-state index contributed by atoms with van der Waals surface area (Å²) in [7, 11) is 1.71. The summed E-state index contributed by atoms with van der Waals surface area (Å²) in [4.78, 5) is 14.8. The average Bonchev–Trinajstić information content (AvgIpc) is 2.71. The van der Waals surface area contributed by atoms with Crippen molar-refractivity contribution in [3.05, 3.63) is 65.2 Å². The molecule has 0 atom stereocenters. The van der Waals surface area contributed by atoms with Crippen LogP contribution in [0.4, 0.5) is 0 Å². The largest absolute Gasteiger partial charge is 0.496 e. The number of para-hydroxylation sites is 1. The fourth-order valence-electron chi connectivity index (χ4n) is 3.84. The van der Waals surface area contributed by atoms with E-state index < -0.39 is 5.60 Å². The number of likely N-dealkylation sites (tertiary alicyclic amines) is 1. The molecule has 1 amide bonds. The molecule has 2 aromatic rings. The predicted molar refractivity (Wildman–Crippen MR) is 112 cm³/mol. The SMILES string of the molecule is COc1ccccc1C1CCN(C(=O)c2ccc(CCC(C)(C)O)cc2)CC1. The van der Waals surface area contributed by atoms with Crippen LogP contribution in [0.2, 0.25) is 0 Å². The second-order valence-corrected chi connectivity index (χ2v) is 8.32. The van der Waals surface area contributed by atoms with E-state index in [-0.39, 0.29) is 5.91 Å². The summed E-state index contributed by atoms with van der Waals surface area (Å²) in [5.41, 5.74) is 2.46. The fraction of sp³-hybridized carbons (Fsp3) is 0.458. The summed E-state index contributed by atoms with van der Waals surface area (Å²) in [6.45, 7) is 5.17. The van der Waals surface area contributed by atoms with Crippen molar-refractivity contribution in [1.82, 2.24) is 4.90 Å². The van der Waals surface area contributed by atoms with E-state index in [1.54, 1.807) is 7.11 Å². The molecule has 3 rings (SSSR count). The zero-order valence-electron chi connectivity index (χ0n) is 17.1. The Hall–Kier alpha value is -2.33. The van der Waals surface area contributed by atoms with Crippen LogP contribution in [-0.4, -0.2) is 41.7 Å². The Kier molecular flexibility index (Phi) is 6.40. The van der Waals surface area contributed by atoms with Crippen LogP contribution in [0.3, 0.4) is 0 Å². The molecule has 4 nitrogen and oxygen atoms in total. The first-order valence-electron chi connectivity index (χ1n) is 10.1. The van der Waals surface area contributed by atoms with Gasteiger partial charge in [0, 0.05) is 18.7 Å². The molecule has 0 radical (unpaired) electrons. The lowest BCUT2D eigenvalue weighted by atomic mass is 9.88. The molecule has 1 heterocycles. The Morgan fingerprint density at radius 3 is 2.36 bits per heavy atom. The van der Waals surface area contributed by atoms with Crippen molar-refractivity contribution in [3.8, 4) is 5.75 Å². The molecule has 1 fully saturated rings. The summed E-state index contributed by atoms with van der Waals surface area (Å²) in [5.74, 6) is 1.48. The molecule has 28 heavy (non-hydrogen) atoms. The Bertz CT molecular complexity index is 784. The first-order valence-corrected chi connectivity index (χ1v) is 10.1. The predicted octanol–water partition coefficient (Wildman–Crippen LogP) is 4.42. The number of carbonyl (C=O) groups is 1. The monoisotopic (exact) mass is 381 g/mol. The van der Waals surface area contributed by atoms with E-state index in [0.29, 0.717) is 12.3 Å². The smallest absolute Gasteiger partial charge is 0.253 e. The van der Waals surface area contributed by atoms with E-state index in [9.17, 15) is 9.90 Å². The van der Waals surface area contributed by atoms with Crippen LogP contribution in [0.1, 0.15) is 60.5 Å². The molecule has 4 heteroatoms. The molecule has 2 aromatic carbocycles. The molecule has 1 aliphatic heterocycles. The zero-order valence-corrected chi connectivity index (χ0v) is 17.1. The third-order valence-corrected chi connectivity index (χ3v) is 5.59. The Labute approximate surface area is 168 Å². The van der Waals surface area contributed by atoms with Crippen LogP contribution in [0.15, 0.2) is 48.5 Å². The number of nitrogens with zero attached hydrogens (tertiary/aromatic N) is 1. The number of methoxy groups -OCH3 is 1. The number of ether oxygens (including phenoxy) is 1. The van der Waals surface area contributed by atoms with Gasteiger partial charge in [-0.1, -0.05) is 30.3 Å².